The number of amides is 1. The van der Waals surface area contributed by atoms with Gasteiger partial charge in [0.2, 0.25) is 0 Å². The lowest BCUT2D eigenvalue weighted by atomic mass is 10.1. The molecule has 2 aromatic rings. The van der Waals surface area contributed by atoms with Gasteiger partial charge in [-0.25, -0.2) is 0 Å². The van der Waals surface area contributed by atoms with Crippen LogP contribution in [0.4, 0.5) is 11.4 Å². The first-order chi connectivity index (χ1) is 10.6. The smallest absolute Gasteiger partial charge is 0.262 e. The highest BCUT2D eigenvalue weighted by atomic mass is 16.5. The number of carbonyl (C=O) groups is 1. The summed E-state index contributed by atoms with van der Waals surface area (Å²) in [6.45, 7) is 0.646. The molecule has 0 bridgehead atoms. The van der Waals surface area contributed by atoms with E-state index in [4.69, 9.17) is 15.2 Å². The third kappa shape index (κ3) is 2.35. The van der Waals surface area contributed by atoms with Crippen LogP contribution in [0.25, 0.3) is 0 Å². The second kappa shape index (κ2) is 5.60. The first kappa shape index (κ1) is 14.3. The number of rotatable bonds is 3. The van der Waals surface area contributed by atoms with Crippen molar-refractivity contribution >= 4 is 17.3 Å². The normalized spacial score (nSPS) is 12.9. The fourth-order valence-electron chi connectivity index (χ4n) is 2.73. The molecule has 0 saturated carbocycles. The Kier molecular flexibility index (Phi) is 3.63. The van der Waals surface area contributed by atoms with Crippen molar-refractivity contribution in [2.24, 2.45) is 0 Å². The van der Waals surface area contributed by atoms with Crippen molar-refractivity contribution < 1.29 is 14.3 Å². The Hall–Kier alpha value is -2.69. The highest BCUT2D eigenvalue weighted by Gasteiger charge is 2.27. The Morgan fingerprint density at radius 1 is 1.14 bits per heavy atom. The summed E-state index contributed by atoms with van der Waals surface area (Å²) in [6.07, 6.45) is 0.833. The molecule has 0 aliphatic carbocycles. The molecule has 0 atom stereocenters. The average Bonchev–Trinajstić information content (AvgIpc) is 2.96. The topological polar surface area (TPSA) is 64.8 Å². The molecule has 5 heteroatoms. The molecule has 5 nitrogen and oxygen atoms in total. The highest BCUT2D eigenvalue weighted by Crippen LogP contribution is 2.33. The molecule has 114 valence electrons. The zero-order chi connectivity index (χ0) is 15.7. The highest BCUT2D eigenvalue weighted by molar-refractivity contribution is 6.09. The Morgan fingerprint density at radius 3 is 2.68 bits per heavy atom. The van der Waals surface area contributed by atoms with Crippen LogP contribution in [-0.4, -0.2) is 26.7 Å². The van der Waals surface area contributed by atoms with Crippen molar-refractivity contribution in [2.75, 3.05) is 31.4 Å². The monoisotopic (exact) mass is 298 g/mol. The van der Waals surface area contributed by atoms with E-state index < -0.39 is 0 Å². The molecular weight excluding hydrogens is 280 g/mol. The predicted molar refractivity (Wildman–Crippen MR) is 85.8 cm³/mol. The van der Waals surface area contributed by atoms with E-state index in [-0.39, 0.29) is 5.91 Å². The van der Waals surface area contributed by atoms with E-state index in [1.807, 2.05) is 18.2 Å². The lowest BCUT2D eigenvalue weighted by Gasteiger charge is -2.19. The fourth-order valence-corrected chi connectivity index (χ4v) is 2.73. The number of ether oxygens (including phenoxy) is 2. The number of hydrogen-bond acceptors (Lipinski definition) is 4. The Bertz CT molecular complexity index is 728. The van der Waals surface area contributed by atoms with Gasteiger partial charge in [0.1, 0.15) is 11.5 Å². The van der Waals surface area contributed by atoms with Gasteiger partial charge in [0.25, 0.3) is 5.91 Å². The van der Waals surface area contributed by atoms with Crippen LogP contribution in [0.2, 0.25) is 0 Å². The van der Waals surface area contributed by atoms with Gasteiger partial charge >= 0.3 is 0 Å². The van der Waals surface area contributed by atoms with E-state index in [0.717, 1.165) is 17.7 Å². The first-order valence-corrected chi connectivity index (χ1v) is 7.06. The molecule has 0 spiro atoms. The number of carbonyl (C=O) groups excluding carboxylic acids is 1. The lowest BCUT2D eigenvalue weighted by molar-refractivity contribution is 0.0986. The van der Waals surface area contributed by atoms with E-state index in [0.29, 0.717) is 29.3 Å². The van der Waals surface area contributed by atoms with Crippen molar-refractivity contribution in [2.45, 2.75) is 6.42 Å². The molecule has 2 N–H and O–H groups in total. The van der Waals surface area contributed by atoms with Crippen LogP contribution in [0, 0.1) is 0 Å². The summed E-state index contributed by atoms with van der Waals surface area (Å²) in [4.78, 5) is 14.6. The molecule has 0 radical (unpaired) electrons. The molecule has 22 heavy (non-hydrogen) atoms. The molecule has 2 aromatic carbocycles. The van der Waals surface area contributed by atoms with Gasteiger partial charge in [-0.05, 0) is 36.2 Å². The standard InChI is InChI=1S/C17H18N2O3/c1-21-13-5-6-14(16(10-13)22-2)17(20)19-8-7-11-3-4-12(18)9-15(11)19/h3-6,9-10H,7-8,18H2,1-2H3. The van der Waals surface area contributed by atoms with Gasteiger partial charge < -0.3 is 20.1 Å². The molecule has 1 heterocycles. The maximum atomic E-state index is 12.9. The van der Waals surface area contributed by atoms with Gasteiger partial charge in [0, 0.05) is 24.0 Å². The molecular formula is C17H18N2O3. The molecule has 0 fully saturated rings. The zero-order valence-electron chi connectivity index (χ0n) is 12.6. The van der Waals surface area contributed by atoms with E-state index in [2.05, 4.69) is 0 Å². The third-order valence-electron chi connectivity index (χ3n) is 3.89. The molecule has 0 unspecified atom stereocenters. The average molecular weight is 298 g/mol. The SMILES string of the molecule is COc1ccc(C(=O)N2CCc3ccc(N)cc32)c(OC)c1. The summed E-state index contributed by atoms with van der Waals surface area (Å²) in [6, 6.07) is 10.9. The van der Waals surface area contributed by atoms with Gasteiger partial charge in [0.15, 0.2) is 0 Å². The summed E-state index contributed by atoms with van der Waals surface area (Å²) < 4.78 is 10.5. The molecule has 3 rings (SSSR count). The molecule has 1 aliphatic heterocycles. The van der Waals surface area contributed by atoms with Crippen LogP contribution in [0.1, 0.15) is 15.9 Å². The van der Waals surface area contributed by atoms with Crippen molar-refractivity contribution in [1.82, 2.24) is 0 Å². The van der Waals surface area contributed by atoms with Crippen molar-refractivity contribution in [3.8, 4) is 11.5 Å². The van der Waals surface area contributed by atoms with Gasteiger partial charge in [0.05, 0.1) is 19.8 Å². The van der Waals surface area contributed by atoms with Gasteiger partial charge in [-0.1, -0.05) is 6.07 Å². The minimum Gasteiger partial charge on any atom is -0.497 e. The van der Waals surface area contributed by atoms with Crippen LogP contribution >= 0.6 is 0 Å². The van der Waals surface area contributed by atoms with E-state index in [9.17, 15) is 4.79 Å². The van der Waals surface area contributed by atoms with E-state index in [1.54, 1.807) is 37.3 Å². The number of benzene rings is 2. The van der Waals surface area contributed by atoms with Crippen LogP contribution in [0.3, 0.4) is 0 Å². The van der Waals surface area contributed by atoms with Crippen LogP contribution in [0.5, 0.6) is 11.5 Å². The number of hydrogen-bond donors (Lipinski definition) is 1. The second-order valence-corrected chi connectivity index (χ2v) is 5.16. The number of anilines is 2. The minimum atomic E-state index is -0.0937. The summed E-state index contributed by atoms with van der Waals surface area (Å²) in [5.74, 6) is 1.06. The van der Waals surface area contributed by atoms with Gasteiger partial charge in [-0.15, -0.1) is 0 Å². The summed E-state index contributed by atoms with van der Waals surface area (Å²) in [5.41, 5.74) is 9.02. The summed E-state index contributed by atoms with van der Waals surface area (Å²) in [5, 5.41) is 0. The minimum absolute atomic E-state index is 0.0937. The maximum absolute atomic E-state index is 12.9. The second-order valence-electron chi connectivity index (χ2n) is 5.16. The van der Waals surface area contributed by atoms with Crippen molar-refractivity contribution in [3.63, 3.8) is 0 Å². The number of nitrogens with two attached hydrogens (primary N) is 1. The summed E-state index contributed by atoms with van der Waals surface area (Å²) >= 11 is 0. The number of nitrogen functional groups attached to an aromatic ring is 1. The Labute approximate surface area is 129 Å². The largest absolute Gasteiger partial charge is 0.497 e. The number of nitrogens with zero attached hydrogens (tertiary/aromatic N) is 1. The van der Waals surface area contributed by atoms with E-state index >= 15 is 0 Å². The van der Waals surface area contributed by atoms with Gasteiger partial charge in [-0.2, -0.15) is 0 Å². The first-order valence-electron chi connectivity index (χ1n) is 7.06. The van der Waals surface area contributed by atoms with Crippen molar-refractivity contribution in [3.05, 3.63) is 47.5 Å². The molecule has 0 saturated heterocycles. The number of methoxy groups -OCH3 is 2. The molecule has 1 aliphatic rings. The maximum Gasteiger partial charge on any atom is 0.262 e. The van der Waals surface area contributed by atoms with Gasteiger partial charge in [-0.3, -0.25) is 4.79 Å². The predicted octanol–water partition coefficient (Wildman–Crippen LogP) is 2.49. The Balaban J connectivity index is 1.98. The van der Waals surface area contributed by atoms with Crippen LogP contribution < -0.4 is 20.1 Å². The van der Waals surface area contributed by atoms with Crippen molar-refractivity contribution in [1.29, 1.82) is 0 Å². The number of fused-ring (bicyclic) bond motifs is 1. The molecule has 0 aromatic heterocycles. The van der Waals surface area contributed by atoms with Crippen LogP contribution in [-0.2, 0) is 6.42 Å². The fraction of sp³-hybridized carbons (Fsp3) is 0.235. The van der Waals surface area contributed by atoms with E-state index in [1.165, 1.54) is 0 Å². The quantitative estimate of drug-likeness (QED) is 0.884. The van der Waals surface area contributed by atoms with Crippen LogP contribution in [0.15, 0.2) is 36.4 Å². The third-order valence-corrected chi connectivity index (χ3v) is 3.89. The summed E-state index contributed by atoms with van der Waals surface area (Å²) in [7, 11) is 3.12. The Morgan fingerprint density at radius 2 is 1.95 bits per heavy atom. The lowest BCUT2D eigenvalue weighted by Crippen LogP contribution is -2.29. The zero-order valence-corrected chi connectivity index (χ0v) is 12.6. The molecule has 1 amide bonds.